The maximum absolute atomic E-state index is 12.9. The van der Waals surface area contributed by atoms with E-state index in [1.165, 1.54) is 0 Å². The predicted octanol–water partition coefficient (Wildman–Crippen LogP) is -3.36. The molecule has 1 aliphatic heterocycles. The van der Waals surface area contributed by atoms with Gasteiger partial charge in [0.05, 0.1) is 12.1 Å². The summed E-state index contributed by atoms with van der Waals surface area (Å²) in [4.78, 5) is 71.6. The Morgan fingerprint density at radius 2 is 1.41 bits per heavy atom. The quantitative estimate of drug-likeness (QED) is 0.103. The van der Waals surface area contributed by atoms with Gasteiger partial charge in [-0.15, -0.1) is 0 Å². The summed E-state index contributed by atoms with van der Waals surface area (Å²) >= 11 is 0. The summed E-state index contributed by atoms with van der Waals surface area (Å²) in [7, 11) is 0. The topological polar surface area (TPSA) is 277 Å². The van der Waals surface area contributed by atoms with Crippen LogP contribution >= 0.6 is 0 Å². The van der Waals surface area contributed by atoms with E-state index in [1.54, 1.807) is 0 Å². The van der Waals surface area contributed by atoms with Gasteiger partial charge in [0.2, 0.25) is 0 Å². The van der Waals surface area contributed by atoms with E-state index in [9.17, 15) is 33.9 Å². The van der Waals surface area contributed by atoms with E-state index in [-0.39, 0.29) is 19.4 Å². The minimum atomic E-state index is -1.67. The zero-order valence-corrected chi connectivity index (χ0v) is 25.2. The Morgan fingerprint density at radius 1 is 0.841 bits per heavy atom. The molecule has 1 aliphatic carbocycles. The molecule has 0 bridgehead atoms. The second-order valence-corrected chi connectivity index (χ2v) is 10.4. The smallest absolute Gasteiger partial charge is 0.303 e. The van der Waals surface area contributed by atoms with Crippen LogP contribution in [0.25, 0.3) is 0 Å². The molecule has 2 fully saturated rings. The van der Waals surface area contributed by atoms with Crippen molar-refractivity contribution >= 4 is 35.8 Å². The lowest BCUT2D eigenvalue weighted by atomic mass is 9.83. The molecule has 44 heavy (non-hydrogen) atoms. The number of nitrogens with one attached hydrogen (secondary N) is 1. The van der Waals surface area contributed by atoms with Gasteiger partial charge in [-0.25, -0.2) is 0 Å². The molecule has 18 nitrogen and oxygen atoms in total. The summed E-state index contributed by atoms with van der Waals surface area (Å²) in [6, 6.07) is -3.40. The zero-order valence-electron chi connectivity index (χ0n) is 25.2. The monoisotopic (exact) mass is 634 g/mol. The lowest BCUT2D eigenvalue weighted by molar-refractivity contribution is -0.298. The van der Waals surface area contributed by atoms with E-state index in [1.807, 2.05) is 0 Å². The van der Waals surface area contributed by atoms with Crippen LogP contribution in [0.15, 0.2) is 0 Å². The lowest BCUT2D eigenvalue weighted by Gasteiger charge is -2.47. The standard InChI is InChI=1S/C26H42N4O14/c1-10(31)38-9-18-23(41-13(4)34)24(42-14(5)35)19(29)26(43-18)44-21-15(28)8-16(22(20(21)36)40-12(3)33)30-25(37)17(6-7-27)39-11(2)32/h15-24,26,36H,6-9,27-29H2,1-5H3,(H,30,37)/t15?,16?,17-,18?,19?,20?,21?,22?,23?,24?,26?/m0/s1. The summed E-state index contributed by atoms with van der Waals surface area (Å²) < 4.78 is 37.9. The van der Waals surface area contributed by atoms with Crippen LogP contribution < -0.4 is 22.5 Å². The minimum absolute atomic E-state index is 0.0000372. The van der Waals surface area contributed by atoms with Gasteiger partial charge in [0, 0.05) is 47.1 Å². The number of carbonyl (C=O) groups excluding carboxylic acids is 6. The SMILES string of the molecule is CC(=O)OCC1OC(OC2C(N)CC(NC(=O)[C@H](CCN)OC(C)=O)C(OC(C)=O)C2O)C(N)C(OC(C)=O)C1OC(C)=O. The second-order valence-electron chi connectivity index (χ2n) is 10.4. The maximum Gasteiger partial charge on any atom is 0.303 e. The van der Waals surface area contributed by atoms with Crippen molar-refractivity contribution in [2.45, 2.75) is 115 Å². The molecule has 1 heterocycles. The number of aliphatic hydroxyl groups is 1. The molecule has 1 amide bonds. The first kappa shape index (κ1) is 36.8. The van der Waals surface area contributed by atoms with Gasteiger partial charge in [-0.1, -0.05) is 0 Å². The molecule has 11 atom stereocenters. The molecule has 10 unspecified atom stereocenters. The Labute approximate surface area is 253 Å². The minimum Gasteiger partial charge on any atom is -0.463 e. The molecule has 1 saturated heterocycles. The van der Waals surface area contributed by atoms with Crippen LogP contribution in [0.2, 0.25) is 0 Å². The zero-order chi connectivity index (χ0) is 33.3. The Kier molecular flexibility index (Phi) is 13.9. The molecule has 0 aromatic heterocycles. The van der Waals surface area contributed by atoms with Crippen molar-refractivity contribution in [3.05, 3.63) is 0 Å². The predicted molar refractivity (Wildman–Crippen MR) is 145 cm³/mol. The molecule has 0 aromatic carbocycles. The van der Waals surface area contributed by atoms with Gasteiger partial charge in [-0.05, 0) is 13.0 Å². The van der Waals surface area contributed by atoms with Gasteiger partial charge >= 0.3 is 29.8 Å². The molecule has 18 heteroatoms. The van der Waals surface area contributed by atoms with E-state index in [4.69, 9.17) is 50.4 Å². The van der Waals surface area contributed by atoms with Gasteiger partial charge < -0.3 is 60.8 Å². The summed E-state index contributed by atoms with van der Waals surface area (Å²) in [5.74, 6) is -4.50. The average Bonchev–Trinajstić information content (AvgIpc) is 2.90. The van der Waals surface area contributed by atoms with Gasteiger partial charge in [0.15, 0.2) is 30.7 Å². The fourth-order valence-electron chi connectivity index (χ4n) is 4.99. The summed E-state index contributed by atoms with van der Waals surface area (Å²) in [5, 5.41) is 13.9. The van der Waals surface area contributed by atoms with Crippen molar-refractivity contribution in [1.29, 1.82) is 0 Å². The third-order valence-electron chi connectivity index (χ3n) is 6.72. The highest BCUT2D eigenvalue weighted by molar-refractivity contribution is 5.83. The highest BCUT2D eigenvalue weighted by Crippen LogP contribution is 2.31. The van der Waals surface area contributed by atoms with Crippen molar-refractivity contribution in [1.82, 2.24) is 5.32 Å². The van der Waals surface area contributed by atoms with Crippen LogP contribution in [0.1, 0.15) is 47.5 Å². The fraction of sp³-hybridized carbons (Fsp3) is 0.769. The van der Waals surface area contributed by atoms with Crippen LogP contribution in [0.5, 0.6) is 0 Å². The number of rotatable bonds is 12. The Hall–Kier alpha value is -3.42. The van der Waals surface area contributed by atoms with E-state index in [2.05, 4.69) is 5.32 Å². The largest absolute Gasteiger partial charge is 0.463 e. The summed E-state index contributed by atoms with van der Waals surface area (Å²) in [5.41, 5.74) is 18.2. The molecule has 2 rings (SSSR count). The molecule has 2 aliphatic rings. The van der Waals surface area contributed by atoms with Gasteiger partial charge in [-0.2, -0.15) is 0 Å². The maximum atomic E-state index is 12.9. The number of aliphatic hydroxyl groups excluding tert-OH is 1. The third kappa shape index (κ3) is 10.3. The van der Waals surface area contributed by atoms with Crippen molar-refractivity contribution in [2.24, 2.45) is 17.2 Å². The Morgan fingerprint density at radius 3 is 1.93 bits per heavy atom. The van der Waals surface area contributed by atoms with Crippen LogP contribution in [-0.4, -0.2) is 121 Å². The highest BCUT2D eigenvalue weighted by Gasteiger charge is 2.53. The Bertz CT molecular complexity index is 1060. The van der Waals surface area contributed by atoms with E-state index < -0.39 is 110 Å². The fourth-order valence-corrected chi connectivity index (χ4v) is 4.99. The first-order valence-corrected chi connectivity index (χ1v) is 13.9. The Balaban J connectivity index is 2.34. The van der Waals surface area contributed by atoms with Crippen LogP contribution in [0.4, 0.5) is 0 Å². The van der Waals surface area contributed by atoms with Crippen molar-refractivity contribution < 1.29 is 67.0 Å². The molecule has 0 aromatic rings. The second kappa shape index (κ2) is 16.6. The normalized spacial score (nSPS) is 32.4. The van der Waals surface area contributed by atoms with Crippen molar-refractivity contribution in [2.75, 3.05) is 13.2 Å². The molecule has 1 saturated carbocycles. The number of hydrogen-bond acceptors (Lipinski definition) is 17. The third-order valence-corrected chi connectivity index (χ3v) is 6.72. The average molecular weight is 635 g/mol. The summed E-state index contributed by atoms with van der Waals surface area (Å²) in [6.45, 7) is 5.12. The summed E-state index contributed by atoms with van der Waals surface area (Å²) in [6.07, 6.45) is -11.1. The lowest BCUT2D eigenvalue weighted by Crippen LogP contribution is -2.69. The first-order chi connectivity index (χ1) is 20.5. The van der Waals surface area contributed by atoms with Gasteiger partial charge in [0.25, 0.3) is 5.91 Å². The molecule has 0 spiro atoms. The number of ether oxygens (including phenoxy) is 7. The number of esters is 5. The van der Waals surface area contributed by atoms with Crippen LogP contribution in [0.3, 0.4) is 0 Å². The van der Waals surface area contributed by atoms with Crippen molar-refractivity contribution in [3.63, 3.8) is 0 Å². The number of amides is 1. The molecular formula is C26H42N4O14. The van der Waals surface area contributed by atoms with Gasteiger partial charge in [0.1, 0.15) is 24.9 Å². The van der Waals surface area contributed by atoms with E-state index in [0.29, 0.717) is 0 Å². The number of carbonyl (C=O) groups is 6. The van der Waals surface area contributed by atoms with Crippen LogP contribution in [-0.2, 0) is 61.9 Å². The number of hydrogen-bond donors (Lipinski definition) is 5. The first-order valence-electron chi connectivity index (χ1n) is 13.9. The van der Waals surface area contributed by atoms with Crippen LogP contribution in [0, 0.1) is 0 Å². The molecule has 8 N–H and O–H groups in total. The van der Waals surface area contributed by atoms with E-state index >= 15 is 0 Å². The highest BCUT2D eigenvalue weighted by atomic mass is 16.7. The van der Waals surface area contributed by atoms with Crippen molar-refractivity contribution in [3.8, 4) is 0 Å². The number of nitrogens with two attached hydrogens (primary N) is 3. The molecular weight excluding hydrogens is 592 g/mol. The van der Waals surface area contributed by atoms with E-state index in [0.717, 1.165) is 34.6 Å². The molecule has 0 radical (unpaired) electrons. The molecule has 250 valence electrons. The van der Waals surface area contributed by atoms with Gasteiger partial charge in [-0.3, -0.25) is 28.8 Å².